The Morgan fingerprint density at radius 3 is 2.30 bits per heavy atom. The van der Waals surface area contributed by atoms with Crippen molar-refractivity contribution in [2.24, 2.45) is 23.2 Å². The monoisotopic (exact) mass is 271 g/mol. The van der Waals surface area contributed by atoms with Gasteiger partial charge in [-0.1, -0.05) is 0 Å². The maximum absolute atomic E-state index is 6.24. The number of nitrogens with zero attached hydrogens (tertiary/aromatic N) is 1. The van der Waals surface area contributed by atoms with Crippen LogP contribution in [0, 0.1) is 23.2 Å². The van der Waals surface area contributed by atoms with Crippen molar-refractivity contribution in [2.75, 3.05) is 12.8 Å². The van der Waals surface area contributed by atoms with Crippen molar-refractivity contribution in [1.29, 1.82) is 0 Å². The molecule has 0 saturated heterocycles. The van der Waals surface area contributed by atoms with Gasteiger partial charge in [-0.3, -0.25) is 4.98 Å². The Balaban J connectivity index is 1.73. The second kappa shape index (κ2) is 4.45. The number of pyridine rings is 1. The van der Waals surface area contributed by atoms with E-state index in [2.05, 4.69) is 17.3 Å². The van der Waals surface area contributed by atoms with Gasteiger partial charge in [0.05, 0.1) is 0 Å². The molecular formula is C17H25N3. The van der Waals surface area contributed by atoms with Gasteiger partial charge < -0.3 is 11.1 Å². The summed E-state index contributed by atoms with van der Waals surface area (Å²) in [6, 6.07) is 2.32. The van der Waals surface area contributed by atoms with Crippen LogP contribution in [0.4, 0.5) is 5.69 Å². The first-order chi connectivity index (χ1) is 9.70. The number of nitrogens with two attached hydrogens (primary N) is 1. The van der Waals surface area contributed by atoms with Gasteiger partial charge in [0.25, 0.3) is 0 Å². The van der Waals surface area contributed by atoms with E-state index in [4.69, 9.17) is 5.73 Å². The van der Waals surface area contributed by atoms with Crippen LogP contribution in [0.1, 0.15) is 50.1 Å². The van der Waals surface area contributed by atoms with Crippen LogP contribution in [0.15, 0.2) is 18.5 Å². The van der Waals surface area contributed by atoms with Gasteiger partial charge in [0.15, 0.2) is 0 Å². The van der Waals surface area contributed by atoms with Crippen molar-refractivity contribution in [3.63, 3.8) is 0 Å². The van der Waals surface area contributed by atoms with Gasteiger partial charge in [0.2, 0.25) is 0 Å². The van der Waals surface area contributed by atoms with Crippen LogP contribution in [-0.2, 0) is 0 Å². The molecule has 3 heteroatoms. The first-order valence-corrected chi connectivity index (χ1v) is 8.07. The number of nitrogens with one attached hydrogen (secondary N) is 1. The molecule has 0 spiro atoms. The predicted molar refractivity (Wildman–Crippen MR) is 81.1 cm³/mol. The number of anilines is 1. The van der Waals surface area contributed by atoms with E-state index in [1.807, 2.05) is 12.3 Å². The maximum Gasteiger partial charge on any atom is 0.0410 e. The third-order valence-electron chi connectivity index (χ3n) is 6.18. The van der Waals surface area contributed by atoms with Crippen LogP contribution < -0.4 is 11.1 Å². The van der Waals surface area contributed by atoms with E-state index < -0.39 is 0 Å². The molecule has 0 radical (unpaired) electrons. The van der Waals surface area contributed by atoms with Crippen LogP contribution in [0.25, 0.3) is 0 Å². The summed E-state index contributed by atoms with van der Waals surface area (Å²) in [5.41, 5.74) is 8.78. The van der Waals surface area contributed by atoms with Gasteiger partial charge in [0, 0.05) is 29.7 Å². The number of hydrogen-bond donors (Lipinski definition) is 2. The average Bonchev–Trinajstić information content (AvgIpc) is 2.40. The summed E-state index contributed by atoms with van der Waals surface area (Å²) in [6.07, 6.45) is 12.4. The lowest BCUT2D eigenvalue weighted by molar-refractivity contribution is -0.0735. The van der Waals surface area contributed by atoms with Crippen molar-refractivity contribution < 1.29 is 0 Å². The Hall–Kier alpha value is -1.09. The fraction of sp³-hybridized carbons (Fsp3) is 0.706. The quantitative estimate of drug-likeness (QED) is 0.888. The van der Waals surface area contributed by atoms with E-state index in [0.717, 1.165) is 23.4 Å². The summed E-state index contributed by atoms with van der Waals surface area (Å²) in [4.78, 5) is 4.32. The Bertz CT molecular complexity index is 475. The molecule has 1 heterocycles. The average molecular weight is 271 g/mol. The molecule has 108 valence electrons. The van der Waals surface area contributed by atoms with Gasteiger partial charge in [0.1, 0.15) is 0 Å². The van der Waals surface area contributed by atoms with E-state index in [1.165, 1.54) is 44.1 Å². The first-order valence-electron chi connectivity index (χ1n) is 8.07. The molecule has 3 N–H and O–H groups in total. The molecule has 0 amide bonds. The molecule has 5 rings (SSSR count). The number of aromatic nitrogens is 1. The molecule has 4 aliphatic carbocycles. The van der Waals surface area contributed by atoms with Crippen LogP contribution in [0.2, 0.25) is 0 Å². The summed E-state index contributed by atoms with van der Waals surface area (Å²) < 4.78 is 0. The number of hydrogen-bond acceptors (Lipinski definition) is 3. The Kier molecular flexibility index (Phi) is 2.81. The van der Waals surface area contributed by atoms with Gasteiger partial charge in [-0.25, -0.2) is 0 Å². The largest absolute Gasteiger partial charge is 0.398 e. The molecule has 20 heavy (non-hydrogen) atoms. The molecule has 0 aliphatic heterocycles. The zero-order valence-electron chi connectivity index (χ0n) is 12.3. The number of nitrogen functional groups attached to an aromatic ring is 1. The Morgan fingerprint density at radius 1 is 1.20 bits per heavy atom. The van der Waals surface area contributed by atoms with Gasteiger partial charge in [-0.05, 0) is 74.8 Å². The minimum absolute atomic E-state index is 0.379. The van der Waals surface area contributed by atoms with E-state index in [-0.39, 0.29) is 0 Å². The third kappa shape index (κ3) is 1.79. The van der Waals surface area contributed by atoms with Crippen LogP contribution in [0.5, 0.6) is 0 Å². The first kappa shape index (κ1) is 12.6. The molecule has 4 bridgehead atoms. The SMILES string of the molecule is CNC(c1cnccc1N)C12CC3CC(CC(C3)C1)C2. The molecule has 1 aromatic heterocycles. The molecule has 4 saturated carbocycles. The zero-order chi connectivity index (χ0) is 13.7. The zero-order valence-corrected chi connectivity index (χ0v) is 12.3. The molecule has 4 fully saturated rings. The van der Waals surface area contributed by atoms with Crippen molar-refractivity contribution >= 4 is 5.69 Å². The van der Waals surface area contributed by atoms with Crippen LogP contribution >= 0.6 is 0 Å². The summed E-state index contributed by atoms with van der Waals surface area (Å²) >= 11 is 0. The van der Waals surface area contributed by atoms with Crippen molar-refractivity contribution in [1.82, 2.24) is 10.3 Å². The van der Waals surface area contributed by atoms with E-state index >= 15 is 0 Å². The molecule has 1 aromatic rings. The molecule has 1 atom stereocenters. The fourth-order valence-electron chi connectivity index (χ4n) is 5.98. The number of rotatable bonds is 3. The second-order valence-corrected chi connectivity index (χ2v) is 7.51. The predicted octanol–water partition coefficient (Wildman–Crippen LogP) is 3.14. The van der Waals surface area contributed by atoms with Crippen molar-refractivity contribution in [3.05, 3.63) is 24.0 Å². The highest BCUT2D eigenvalue weighted by atomic mass is 14.9. The van der Waals surface area contributed by atoms with Crippen molar-refractivity contribution in [2.45, 2.75) is 44.6 Å². The van der Waals surface area contributed by atoms with Crippen molar-refractivity contribution in [3.8, 4) is 0 Å². The highest BCUT2D eigenvalue weighted by Gasteiger charge is 2.54. The molecule has 0 aromatic carbocycles. The molecule has 3 nitrogen and oxygen atoms in total. The van der Waals surface area contributed by atoms with E-state index in [1.54, 1.807) is 6.20 Å². The smallest absolute Gasteiger partial charge is 0.0410 e. The molecule has 4 aliphatic rings. The molecule has 1 unspecified atom stereocenters. The summed E-state index contributed by atoms with van der Waals surface area (Å²) in [7, 11) is 2.09. The van der Waals surface area contributed by atoms with E-state index in [9.17, 15) is 0 Å². The Labute approximate surface area is 121 Å². The summed E-state index contributed by atoms with van der Waals surface area (Å²) in [5, 5.41) is 3.60. The normalized spacial score (nSPS) is 40.0. The van der Waals surface area contributed by atoms with Gasteiger partial charge in [-0.15, -0.1) is 0 Å². The summed E-state index contributed by atoms with van der Waals surface area (Å²) in [5.74, 6) is 2.90. The molecular weight excluding hydrogens is 246 g/mol. The standard InChI is InChI=1S/C17H25N3/c1-19-16(14-10-20-3-2-15(14)18)17-7-11-4-12(8-17)6-13(5-11)9-17/h2-3,10-13,16,19H,4-9H2,1H3,(H2,18,20). The van der Waals surface area contributed by atoms with E-state index in [0.29, 0.717) is 11.5 Å². The Morgan fingerprint density at radius 2 is 1.80 bits per heavy atom. The highest BCUT2D eigenvalue weighted by Crippen LogP contribution is 2.64. The minimum atomic E-state index is 0.379. The van der Waals surface area contributed by atoms with Crippen LogP contribution in [0.3, 0.4) is 0 Å². The lowest BCUT2D eigenvalue weighted by Gasteiger charge is -2.59. The fourth-order valence-corrected chi connectivity index (χ4v) is 5.98. The lowest BCUT2D eigenvalue weighted by atomic mass is 9.47. The highest BCUT2D eigenvalue weighted by molar-refractivity contribution is 5.47. The van der Waals surface area contributed by atoms with Gasteiger partial charge >= 0.3 is 0 Å². The summed E-state index contributed by atoms with van der Waals surface area (Å²) in [6.45, 7) is 0. The minimum Gasteiger partial charge on any atom is -0.398 e. The topological polar surface area (TPSA) is 50.9 Å². The maximum atomic E-state index is 6.24. The van der Waals surface area contributed by atoms with Gasteiger partial charge in [-0.2, -0.15) is 0 Å². The lowest BCUT2D eigenvalue weighted by Crippen LogP contribution is -2.51. The third-order valence-corrected chi connectivity index (χ3v) is 6.18. The second-order valence-electron chi connectivity index (χ2n) is 7.51. The van der Waals surface area contributed by atoms with Crippen LogP contribution in [-0.4, -0.2) is 12.0 Å².